The van der Waals surface area contributed by atoms with Crippen LogP contribution < -0.4 is 5.32 Å². The molecule has 0 aromatic carbocycles. The van der Waals surface area contributed by atoms with Crippen molar-refractivity contribution in [3.63, 3.8) is 0 Å². The Balaban J connectivity index is 1.88. The topological polar surface area (TPSA) is 75.1 Å². The summed E-state index contributed by atoms with van der Waals surface area (Å²) < 4.78 is 0. The van der Waals surface area contributed by atoms with Gasteiger partial charge in [0.05, 0.1) is 5.92 Å². The van der Waals surface area contributed by atoms with Crippen LogP contribution in [0.3, 0.4) is 0 Å². The molecule has 86 valence electrons. The van der Waals surface area contributed by atoms with Crippen LogP contribution in [-0.4, -0.2) is 27.6 Å². The molecule has 1 heterocycles. The zero-order valence-electron chi connectivity index (χ0n) is 8.97. The Morgan fingerprint density at radius 3 is 3.12 bits per heavy atom. The van der Waals surface area contributed by atoms with E-state index in [1.807, 2.05) is 0 Å². The molecule has 1 aliphatic rings. The normalized spacial score (nSPS) is 24.2. The highest BCUT2D eigenvalue weighted by Crippen LogP contribution is 2.31. The number of nitrogens with zero attached hydrogens (tertiary/aromatic N) is 2. The average molecular weight is 221 g/mol. The number of hydrogen-bond acceptors (Lipinski definition) is 4. The summed E-state index contributed by atoms with van der Waals surface area (Å²) in [5.74, 6) is 0.0971. The fraction of sp³-hybridized carbons (Fsp3) is 0.545. The zero-order chi connectivity index (χ0) is 11.4. The molecule has 0 spiro atoms. The molecule has 1 aromatic rings. The second-order valence-corrected chi connectivity index (χ2v) is 4.11. The number of carboxylic acids is 1. The van der Waals surface area contributed by atoms with E-state index in [-0.39, 0.29) is 11.8 Å². The van der Waals surface area contributed by atoms with Crippen molar-refractivity contribution in [3.05, 3.63) is 18.6 Å². The predicted octanol–water partition coefficient (Wildman–Crippen LogP) is 1.39. The van der Waals surface area contributed by atoms with Crippen LogP contribution in [0.4, 0.5) is 5.82 Å². The lowest BCUT2D eigenvalue weighted by Gasteiger charge is -2.16. The Morgan fingerprint density at radius 1 is 1.56 bits per heavy atom. The molecule has 0 amide bonds. The average Bonchev–Trinajstić information content (AvgIpc) is 2.76. The lowest BCUT2D eigenvalue weighted by molar-refractivity contribution is -0.142. The fourth-order valence-corrected chi connectivity index (χ4v) is 2.24. The molecule has 2 N–H and O–H groups in total. The molecule has 5 nitrogen and oxygen atoms in total. The Morgan fingerprint density at radius 2 is 2.44 bits per heavy atom. The van der Waals surface area contributed by atoms with Crippen LogP contribution in [0.1, 0.15) is 19.3 Å². The van der Waals surface area contributed by atoms with Crippen molar-refractivity contribution in [2.24, 2.45) is 11.8 Å². The summed E-state index contributed by atoms with van der Waals surface area (Å²) in [6.07, 6.45) is 5.93. The Kier molecular flexibility index (Phi) is 3.34. The van der Waals surface area contributed by atoms with E-state index in [2.05, 4.69) is 15.3 Å². The molecule has 5 heteroatoms. The van der Waals surface area contributed by atoms with Crippen LogP contribution >= 0.6 is 0 Å². The first-order valence-corrected chi connectivity index (χ1v) is 5.50. The third-order valence-electron chi connectivity index (χ3n) is 3.10. The minimum absolute atomic E-state index is 0.200. The van der Waals surface area contributed by atoms with E-state index in [0.29, 0.717) is 6.54 Å². The van der Waals surface area contributed by atoms with Gasteiger partial charge in [-0.2, -0.15) is 0 Å². The second kappa shape index (κ2) is 4.92. The van der Waals surface area contributed by atoms with Gasteiger partial charge in [0.1, 0.15) is 12.1 Å². The molecule has 16 heavy (non-hydrogen) atoms. The second-order valence-electron chi connectivity index (χ2n) is 4.11. The highest BCUT2D eigenvalue weighted by atomic mass is 16.4. The van der Waals surface area contributed by atoms with Gasteiger partial charge in [-0.1, -0.05) is 6.42 Å². The van der Waals surface area contributed by atoms with E-state index < -0.39 is 5.97 Å². The minimum Gasteiger partial charge on any atom is -0.481 e. The van der Waals surface area contributed by atoms with Crippen LogP contribution in [0.5, 0.6) is 0 Å². The van der Waals surface area contributed by atoms with E-state index in [9.17, 15) is 4.79 Å². The molecular weight excluding hydrogens is 206 g/mol. The maximum atomic E-state index is 11.0. The molecule has 1 aliphatic carbocycles. The van der Waals surface area contributed by atoms with Gasteiger partial charge in [0.25, 0.3) is 0 Å². The highest BCUT2D eigenvalue weighted by molar-refractivity contribution is 5.70. The minimum atomic E-state index is -0.674. The third-order valence-corrected chi connectivity index (χ3v) is 3.10. The zero-order valence-corrected chi connectivity index (χ0v) is 8.97. The van der Waals surface area contributed by atoms with Crippen molar-refractivity contribution < 1.29 is 9.90 Å². The van der Waals surface area contributed by atoms with Crippen LogP contribution in [0.15, 0.2) is 18.6 Å². The lowest BCUT2D eigenvalue weighted by Crippen LogP contribution is -2.24. The van der Waals surface area contributed by atoms with Gasteiger partial charge in [-0.05, 0) is 24.8 Å². The van der Waals surface area contributed by atoms with Gasteiger partial charge in [-0.15, -0.1) is 0 Å². The summed E-state index contributed by atoms with van der Waals surface area (Å²) in [5, 5.41) is 12.2. The van der Waals surface area contributed by atoms with Gasteiger partial charge in [0, 0.05) is 12.7 Å². The predicted molar refractivity (Wildman–Crippen MR) is 59.0 cm³/mol. The molecule has 2 unspecified atom stereocenters. The van der Waals surface area contributed by atoms with Crippen molar-refractivity contribution in [2.45, 2.75) is 19.3 Å². The number of nitrogens with one attached hydrogen (secondary N) is 1. The molecule has 2 atom stereocenters. The van der Waals surface area contributed by atoms with Crippen LogP contribution in [0, 0.1) is 11.8 Å². The van der Waals surface area contributed by atoms with Gasteiger partial charge in [-0.25, -0.2) is 9.97 Å². The van der Waals surface area contributed by atoms with Crippen molar-refractivity contribution in [1.82, 2.24) is 9.97 Å². The van der Waals surface area contributed by atoms with Crippen LogP contribution in [-0.2, 0) is 4.79 Å². The number of carbonyl (C=O) groups is 1. The van der Waals surface area contributed by atoms with E-state index in [1.54, 1.807) is 12.3 Å². The Bertz CT molecular complexity index is 356. The summed E-state index contributed by atoms with van der Waals surface area (Å²) in [6.45, 7) is 0.675. The summed E-state index contributed by atoms with van der Waals surface area (Å²) in [7, 11) is 0. The number of carboxylic acid groups (broad SMARTS) is 1. The summed E-state index contributed by atoms with van der Waals surface area (Å²) in [4.78, 5) is 18.8. The van der Waals surface area contributed by atoms with Gasteiger partial charge in [0.2, 0.25) is 0 Å². The van der Waals surface area contributed by atoms with Crippen molar-refractivity contribution in [2.75, 3.05) is 11.9 Å². The summed E-state index contributed by atoms with van der Waals surface area (Å²) in [5.41, 5.74) is 0. The van der Waals surface area contributed by atoms with Crippen molar-refractivity contribution >= 4 is 11.8 Å². The van der Waals surface area contributed by atoms with Gasteiger partial charge < -0.3 is 10.4 Å². The Labute approximate surface area is 93.9 Å². The van der Waals surface area contributed by atoms with Crippen molar-refractivity contribution in [1.29, 1.82) is 0 Å². The standard InChI is InChI=1S/C11H15N3O2/c15-11(16)9-3-1-2-8(9)6-13-10-4-5-12-7-14-10/h4-5,7-9H,1-3,6H2,(H,15,16)(H,12,13,14). The first-order chi connectivity index (χ1) is 7.77. The molecule has 0 aliphatic heterocycles. The van der Waals surface area contributed by atoms with E-state index in [4.69, 9.17) is 5.11 Å². The first kappa shape index (κ1) is 10.9. The fourth-order valence-electron chi connectivity index (χ4n) is 2.24. The number of rotatable bonds is 4. The summed E-state index contributed by atoms with van der Waals surface area (Å²) >= 11 is 0. The van der Waals surface area contributed by atoms with Gasteiger partial charge in [0.15, 0.2) is 0 Å². The third kappa shape index (κ3) is 2.48. The Hall–Kier alpha value is -1.65. The molecular formula is C11H15N3O2. The molecule has 2 rings (SSSR count). The molecule has 1 aromatic heterocycles. The number of anilines is 1. The maximum Gasteiger partial charge on any atom is 0.306 e. The largest absolute Gasteiger partial charge is 0.481 e. The maximum absolute atomic E-state index is 11.0. The van der Waals surface area contributed by atoms with E-state index in [0.717, 1.165) is 25.1 Å². The molecule has 0 radical (unpaired) electrons. The number of hydrogen-bond donors (Lipinski definition) is 2. The van der Waals surface area contributed by atoms with E-state index in [1.165, 1.54) is 6.33 Å². The van der Waals surface area contributed by atoms with Gasteiger partial charge in [-0.3, -0.25) is 4.79 Å². The van der Waals surface area contributed by atoms with Crippen LogP contribution in [0.25, 0.3) is 0 Å². The first-order valence-electron chi connectivity index (χ1n) is 5.50. The molecule has 0 bridgehead atoms. The summed E-state index contributed by atoms with van der Waals surface area (Å²) in [6, 6.07) is 1.78. The van der Waals surface area contributed by atoms with E-state index >= 15 is 0 Å². The van der Waals surface area contributed by atoms with Gasteiger partial charge >= 0.3 is 5.97 Å². The van der Waals surface area contributed by atoms with Crippen LogP contribution in [0.2, 0.25) is 0 Å². The highest BCUT2D eigenvalue weighted by Gasteiger charge is 2.32. The quantitative estimate of drug-likeness (QED) is 0.803. The number of aliphatic carboxylic acids is 1. The molecule has 1 fully saturated rings. The molecule has 0 saturated heterocycles. The lowest BCUT2D eigenvalue weighted by atomic mass is 9.96. The number of aromatic nitrogens is 2. The molecule has 1 saturated carbocycles. The SMILES string of the molecule is O=C(O)C1CCCC1CNc1ccncn1. The monoisotopic (exact) mass is 221 g/mol. The van der Waals surface area contributed by atoms with Crippen molar-refractivity contribution in [3.8, 4) is 0 Å². The smallest absolute Gasteiger partial charge is 0.306 e.